The van der Waals surface area contributed by atoms with Crippen LogP contribution in [-0.2, 0) is 6.54 Å². The zero-order chi connectivity index (χ0) is 27.5. The maximum Gasteiger partial charge on any atom is 0.258 e. The van der Waals surface area contributed by atoms with Crippen molar-refractivity contribution in [3.8, 4) is 0 Å². The second-order valence-corrected chi connectivity index (χ2v) is 9.95. The molecule has 0 saturated heterocycles. The average molecular weight is 526 g/mol. The molecule has 0 radical (unpaired) electrons. The van der Waals surface area contributed by atoms with Gasteiger partial charge in [-0.2, -0.15) is 0 Å². The summed E-state index contributed by atoms with van der Waals surface area (Å²) >= 11 is 0. The smallest absolute Gasteiger partial charge is 0.258 e. The number of hydrogen-bond acceptors (Lipinski definition) is 3. The Labute approximate surface area is 232 Å². The van der Waals surface area contributed by atoms with Gasteiger partial charge < -0.3 is 10.2 Å². The summed E-state index contributed by atoms with van der Waals surface area (Å²) in [5, 5.41) is 7.94. The highest BCUT2D eigenvalue weighted by Gasteiger charge is 2.20. The molecule has 1 N–H and O–H groups in total. The van der Waals surface area contributed by atoms with E-state index >= 15 is 0 Å². The van der Waals surface area contributed by atoms with Crippen molar-refractivity contribution in [3.63, 3.8) is 0 Å². The zero-order valence-electron chi connectivity index (χ0n) is 22.1. The van der Waals surface area contributed by atoms with Crippen LogP contribution in [0.25, 0.3) is 21.5 Å². The molecule has 0 bridgehead atoms. The van der Waals surface area contributed by atoms with Crippen LogP contribution < -0.4 is 10.2 Å². The van der Waals surface area contributed by atoms with Crippen molar-refractivity contribution in [2.45, 2.75) is 19.5 Å². The Morgan fingerprint density at radius 1 is 0.775 bits per heavy atom. The van der Waals surface area contributed by atoms with Crippen molar-refractivity contribution in [3.05, 3.63) is 150 Å². The predicted octanol–water partition coefficient (Wildman–Crippen LogP) is 8.55. The van der Waals surface area contributed by atoms with E-state index in [1.807, 2.05) is 66.7 Å². The molecule has 4 nitrogen and oxygen atoms in total. The van der Waals surface area contributed by atoms with Gasteiger partial charge in [-0.15, -0.1) is 0 Å². The summed E-state index contributed by atoms with van der Waals surface area (Å²) in [5.41, 5.74) is 3.25. The molecule has 1 atom stereocenters. The van der Waals surface area contributed by atoms with Crippen LogP contribution in [0.1, 0.15) is 34.5 Å². The number of carbonyl (C=O) groups excluding carboxylic acids is 1. The highest BCUT2D eigenvalue weighted by Crippen LogP contribution is 2.27. The SMILES string of the molecule is C[C@@H](Nc1cc(N(Cc2ccc(F)cc2)C(=O)c2ccc3ccccc3c2)ccn1)c1ccc2ccccc2c1. The first kappa shape index (κ1) is 25.3. The predicted molar refractivity (Wildman–Crippen MR) is 161 cm³/mol. The van der Waals surface area contributed by atoms with Gasteiger partial charge in [-0.1, -0.05) is 78.9 Å². The van der Waals surface area contributed by atoms with Gasteiger partial charge >= 0.3 is 0 Å². The minimum absolute atomic E-state index is 0.00547. The third-order valence-corrected chi connectivity index (χ3v) is 7.19. The van der Waals surface area contributed by atoms with Crippen LogP contribution in [-0.4, -0.2) is 10.9 Å². The van der Waals surface area contributed by atoms with Crippen molar-refractivity contribution in [1.29, 1.82) is 0 Å². The summed E-state index contributed by atoms with van der Waals surface area (Å²) in [6.07, 6.45) is 1.70. The molecule has 1 aromatic heterocycles. The lowest BCUT2D eigenvalue weighted by molar-refractivity contribution is 0.0985. The van der Waals surface area contributed by atoms with E-state index < -0.39 is 0 Å². The van der Waals surface area contributed by atoms with Crippen molar-refractivity contribution < 1.29 is 9.18 Å². The molecule has 0 fully saturated rings. The molecule has 0 saturated carbocycles. The molecular weight excluding hydrogens is 497 g/mol. The molecule has 196 valence electrons. The number of nitrogens with one attached hydrogen (secondary N) is 1. The van der Waals surface area contributed by atoms with E-state index in [1.54, 1.807) is 23.2 Å². The van der Waals surface area contributed by atoms with Crippen molar-refractivity contribution >= 4 is 39.0 Å². The molecule has 0 aliphatic heterocycles. The molecule has 6 aromatic rings. The molecule has 40 heavy (non-hydrogen) atoms. The highest BCUT2D eigenvalue weighted by atomic mass is 19.1. The van der Waals surface area contributed by atoms with Gasteiger partial charge in [0.15, 0.2) is 0 Å². The average Bonchev–Trinajstić information content (AvgIpc) is 3.00. The van der Waals surface area contributed by atoms with Gasteiger partial charge in [0.2, 0.25) is 0 Å². The fraction of sp³-hybridized carbons (Fsp3) is 0.0857. The molecule has 0 unspecified atom stereocenters. The lowest BCUT2D eigenvalue weighted by Crippen LogP contribution is -2.30. The van der Waals surface area contributed by atoms with Crippen molar-refractivity contribution in [2.75, 3.05) is 10.2 Å². The summed E-state index contributed by atoms with van der Waals surface area (Å²) in [7, 11) is 0. The number of pyridine rings is 1. The summed E-state index contributed by atoms with van der Waals surface area (Å²) < 4.78 is 13.6. The lowest BCUT2D eigenvalue weighted by atomic mass is 10.0. The number of fused-ring (bicyclic) bond motifs is 2. The molecule has 5 aromatic carbocycles. The summed E-state index contributed by atoms with van der Waals surface area (Å²) in [6.45, 7) is 2.38. The Bertz CT molecular complexity index is 1820. The number of anilines is 2. The summed E-state index contributed by atoms with van der Waals surface area (Å²) in [6, 6.07) is 38.4. The first-order chi connectivity index (χ1) is 19.5. The zero-order valence-corrected chi connectivity index (χ0v) is 22.1. The Hall–Kier alpha value is -5.03. The fourth-order valence-corrected chi connectivity index (χ4v) is 4.98. The van der Waals surface area contributed by atoms with E-state index in [0.717, 1.165) is 21.9 Å². The number of rotatable bonds is 7. The quantitative estimate of drug-likeness (QED) is 0.227. The maximum atomic E-state index is 14.0. The number of hydrogen-bond donors (Lipinski definition) is 1. The van der Waals surface area contributed by atoms with E-state index in [1.165, 1.54) is 22.9 Å². The molecule has 6 rings (SSSR count). The minimum Gasteiger partial charge on any atom is -0.363 e. The van der Waals surface area contributed by atoms with E-state index in [0.29, 0.717) is 17.1 Å². The molecule has 0 aliphatic carbocycles. The van der Waals surface area contributed by atoms with Crippen LogP contribution in [0.2, 0.25) is 0 Å². The molecule has 5 heteroatoms. The number of benzene rings is 5. The van der Waals surface area contributed by atoms with Gasteiger partial charge in [0.05, 0.1) is 6.54 Å². The van der Waals surface area contributed by atoms with Gasteiger partial charge in [-0.05, 0) is 76.0 Å². The molecule has 0 spiro atoms. The van der Waals surface area contributed by atoms with Crippen LogP contribution in [0.4, 0.5) is 15.9 Å². The topological polar surface area (TPSA) is 45.2 Å². The largest absolute Gasteiger partial charge is 0.363 e. The van der Waals surface area contributed by atoms with Crippen LogP contribution in [0.5, 0.6) is 0 Å². The summed E-state index contributed by atoms with van der Waals surface area (Å²) in [4.78, 5) is 20.2. The summed E-state index contributed by atoms with van der Waals surface area (Å²) in [5.74, 6) is 0.206. The Morgan fingerprint density at radius 3 is 2.15 bits per heavy atom. The third kappa shape index (κ3) is 5.40. The second kappa shape index (κ2) is 11.0. The Kier molecular flexibility index (Phi) is 6.94. The standard InChI is InChI=1S/C35H28FN3O/c1-24(28-14-12-26-6-2-4-8-29(26)20-28)38-34-22-33(18-19-37-34)39(23-25-10-16-32(36)17-11-25)35(40)31-15-13-27-7-3-5-9-30(27)21-31/h2-22,24H,23H2,1H3,(H,37,38)/t24-/m1/s1. The van der Waals surface area contributed by atoms with E-state index in [4.69, 9.17) is 0 Å². The molecule has 0 aliphatic rings. The molecule has 1 amide bonds. The third-order valence-electron chi connectivity index (χ3n) is 7.19. The van der Waals surface area contributed by atoms with Gasteiger partial charge in [-0.3, -0.25) is 4.79 Å². The van der Waals surface area contributed by atoms with Crippen molar-refractivity contribution in [2.24, 2.45) is 0 Å². The van der Waals surface area contributed by atoms with Gasteiger partial charge in [0.1, 0.15) is 11.6 Å². The van der Waals surface area contributed by atoms with Crippen LogP contribution in [0.3, 0.4) is 0 Å². The van der Waals surface area contributed by atoms with E-state index in [-0.39, 0.29) is 24.3 Å². The minimum atomic E-state index is -0.311. The van der Waals surface area contributed by atoms with Crippen molar-refractivity contribution in [1.82, 2.24) is 4.98 Å². The van der Waals surface area contributed by atoms with Crippen LogP contribution in [0.15, 0.2) is 128 Å². The number of nitrogens with zero attached hydrogens (tertiary/aromatic N) is 2. The molecule has 1 heterocycles. The van der Waals surface area contributed by atoms with Gasteiger partial charge in [0.25, 0.3) is 5.91 Å². The number of halogens is 1. The monoisotopic (exact) mass is 525 g/mol. The van der Waals surface area contributed by atoms with Crippen LogP contribution >= 0.6 is 0 Å². The van der Waals surface area contributed by atoms with Gasteiger partial charge in [0, 0.05) is 29.6 Å². The molecular formula is C35H28FN3O. The van der Waals surface area contributed by atoms with Crippen LogP contribution in [0, 0.1) is 5.82 Å². The highest BCUT2D eigenvalue weighted by molar-refractivity contribution is 6.08. The van der Waals surface area contributed by atoms with E-state index in [2.05, 4.69) is 47.6 Å². The first-order valence-electron chi connectivity index (χ1n) is 13.3. The first-order valence-corrected chi connectivity index (χ1v) is 13.3. The number of amides is 1. The second-order valence-electron chi connectivity index (χ2n) is 9.95. The fourth-order valence-electron chi connectivity index (χ4n) is 4.98. The van der Waals surface area contributed by atoms with E-state index in [9.17, 15) is 9.18 Å². The van der Waals surface area contributed by atoms with Gasteiger partial charge in [-0.25, -0.2) is 9.37 Å². The number of carbonyl (C=O) groups is 1. The Morgan fingerprint density at radius 2 is 1.43 bits per heavy atom. The Balaban J connectivity index is 1.31. The lowest BCUT2D eigenvalue weighted by Gasteiger charge is -2.24. The maximum absolute atomic E-state index is 14.0. The normalized spacial score (nSPS) is 11.8. The number of aromatic nitrogens is 1.